The molecule has 1 aliphatic carbocycles. The summed E-state index contributed by atoms with van der Waals surface area (Å²) in [6.07, 6.45) is 1.97. The van der Waals surface area contributed by atoms with E-state index in [2.05, 4.69) is 19.7 Å². The molecule has 5 rings (SSSR count). The molecule has 4 aromatic rings. The zero-order valence-corrected chi connectivity index (χ0v) is 17.1. The number of anilines is 1. The average molecular weight is 443 g/mol. The van der Waals surface area contributed by atoms with Crippen molar-refractivity contribution in [2.45, 2.75) is 24.9 Å². The number of rotatable bonds is 4. The Morgan fingerprint density at radius 3 is 2.71 bits per heavy atom. The van der Waals surface area contributed by atoms with Crippen LogP contribution in [-0.2, 0) is 13.2 Å². The minimum atomic E-state index is -4.58. The van der Waals surface area contributed by atoms with Gasteiger partial charge < -0.3 is 9.88 Å². The maximum Gasteiger partial charge on any atom is 0.433 e. The molecule has 6 nitrogen and oxygen atoms in total. The fraction of sp³-hybridized carbons (Fsp3) is 0.238. The summed E-state index contributed by atoms with van der Waals surface area (Å²) in [5.41, 5.74) is 2.28. The van der Waals surface area contributed by atoms with Crippen molar-refractivity contribution in [3.8, 4) is 11.3 Å². The third kappa shape index (κ3) is 3.56. The minimum absolute atomic E-state index is 0.0402. The lowest BCUT2D eigenvalue weighted by Crippen LogP contribution is -2.14. The number of nitrogens with one attached hydrogen (secondary N) is 1. The van der Waals surface area contributed by atoms with Gasteiger partial charge in [0.2, 0.25) is 0 Å². The Balaban J connectivity index is 1.53. The van der Waals surface area contributed by atoms with E-state index < -0.39 is 17.8 Å². The highest BCUT2D eigenvalue weighted by Crippen LogP contribution is 2.48. The highest BCUT2D eigenvalue weighted by atomic mass is 32.1. The van der Waals surface area contributed by atoms with Gasteiger partial charge in [-0.15, -0.1) is 0 Å². The number of carbonyl (C=O) groups is 1. The fourth-order valence-electron chi connectivity index (χ4n) is 3.63. The summed E-state index contributed by atoms with van der Waals surface area (Å²) in [6.45, 7) is 0. The van der Waals surface area contributed by atoms with Gasteiger partial charge in [0.15, 0.2) is 0 Å². The van der Waals surface area contributed by atoms with E-state index in [1.807, 2.05) is 29.9 Å². The number of alkyl halides is 3. The molecule has 0 aromatic carbocycles. The molecule has 158 valence electrons. The van der Waals surface area contributed by atoms with E-state index >= 15 is 0 Å². The van der Waals surface area contributed by atoms with Gasteiger partial charge in [-0.2, -0.15) is 17.5 Å². The van der Waals surface area contributed by atoms with Crippen LogP contribution in [0.1, 0.15) is 39.7 Å². The second-order valence-corrected chi connectivity index (χ2v) is 8.23. The van der Waals surface area contributed by atoms with Crippen molar-refractivity contribution in [1.82, 2.24) is 18.9 Å². The molecule has 1 aliphatic rings. The van der Waals surface area contributed by atoms with Crippen LogP contribution in [0.5, 0.6) is 0 Å². The summed E-state index contributed by atoms with van der Waals surface area (Å²) in [7, 11) is 1.91. The van der Waals surface area contributed by atoms with E-state index in [9.17, 15) is 18.0 Å². The molecule has 1 saturated carbocycles. The van der Waals surface area contributed by atoms with Gasteiger partial charge in [-0.05, 0) is 54.6 Å². The van der Waals surface area contributed by atoms with Gasteiger partial charge >= 0.3 is 6.18 Å². The molecule has 31 heavy (non-hydrogen) atoms. The maximum absolute atomic E-state index is 13.0. The summed E-state index contributed by atoms with van der Waals surface area (Å²) in [6, 6.07) is 6.00. The predicted molar refractivity (Wildman–Crippen MR) is 111 cm³/mol. The van der Waals surface area contributed by atoms with Crippen LogP contribution in [0.25, 0.3) is 22.3 Å². The van der Waals surface area contributed by atoms with Crippen molar-refractivity contribution in [2.24, 2.45) is 7.05 Å². The number of hydrogen-bond donors (Lipinski definition) is 1. The van der Waals surface area contributed by atoms with Crippen molar-refractivity contribution in [3.05, 3.63) is 59.0 Å². The van der Waals surface area contributed by atoms with Crippen molar-refractivity contribution >= 4 is 34.2 Å². The zero-order valence-electron chi connectivity index (χ0n) is 16.3. The van der Waals surface area contributed by atoms with Gasteiger partial charge in [0.1, 0.15) is 16.2 Å². The monoisotopic (exact) mass is 443 g/mol. The van der Waals surface area contributed by atoms with Crippen LogP contribution in [-0.4, -0.2) is 24.8 Å². The van der Waals surface area contributed by atoms with Crippen LogP contribution in [0.2, 0.25) is 0 Å². The lowest BCUT2D eigenvalue weighted by atomic mass is 10.0. The van der Waals surface area contributed by atoms with E-state index in [1.165, 1.54) is 6.07 Å². The minimum Gasteiger partial charge on any atom is -0.336 e. The van der Waals surface area contributed by atoms with Crippen LogP contribution in [0.3, 0.4) is 0 Å². The Morgan fingerprint density at radius 2 is 1.97 bits per heavy atom. The number of aromatic nitrogens is 4. The van der Waals surface area contributed by atoms with Crippen LogP contribution in [0, 0.1) is 0 Å². The Bertz CT molecular complexity index is 1310. The van der Waals surface area contributed by atoms with Gasteiger partial charge in [0.05, 0.1) is 5.69 Å². The SMILES string of the molecule is Cn1ccc2c(-c3nsc(C(=O)Nc4ccnc(C(F)(F)F)c4)c3C3CC3)ccnc21. The van der Waals surface area contributed by atoms with E-state index in [0.717, 1.165) is 64.5 Å². The average Bonchev–Trinajstić information content (AvgIpc) is 3.37. The lowest BCUT2D eigenvalue weighted by molar-refractivity contribution is -0.141. The number of nitrogens with zero attached hydrogens (tertiary/aromatic N) is 4. The number of halogens is 3. The highest BCUT2D eigenvalue weighted by Gasteiger charge is 2.35. The molecule has 0 saturated heterocycles. The summed E-state index contributed by atoms with van der Waals surface area (Å²) in [5, 5.41) is 3.51. The number of fused-ring (bicyclic) bond motifs is 1. The molecule has 4 aromatic heterocycles. The van der Waals surface area contributed by atoms with Crippen LogP contribution < -0.4 is 5.32 Å². The van der Waals surface area contributed by atoms with Gasteiger partial charge in [-0.1, -0.05) is 0 Å². The molecule has 1 fully saturated rings. The van der Waals surface area contributed by atoms with Crippen LogP contribution in [0.4, 0.5) is 18.9 Å². The fourth-order valence-corrected chi connectivity index (χ4v) is 4.50. The van der Waals surface area contributed by atoms with Crippen molar-refractivity contribution in [2.75, 3.05) is 5.32 Å². The molecule has 0 spiro atoms. The third-order valence-electron chi connectivity index (χ3n) is 5.25. The topological polar surface area (TPSA) is 72.7 Å². The Hall–Kier alpha value is -3.27. The molecular formula is C21H16F3N5OS. The van der Waals surface area contributed by atoms with Crippen LogP contribution >= 0.6 is 11.5 Å². The molecule has 4 heterocycles. The summed E-state index contributed by atoms with van der Waals surface area (Å²) in [5.74, 6) is -0.257. The molecule has 0 unspecified atom stereocenters. The molecule has 1 N–H and O–H groups in total. The van der Waals surface area contributed by atoms with Gasteiger partial charge in [-0.3, -0.25) is 9.78 Å². The molecule has 1 amide bonds. The third-order valence-corrected chi connectivity index (χ3v) is 6.11. The summed E-state index contributed by atoms with van der Waals surface area (Å²) in [4.78, 5) is 21.1. The van der Waals surface area contributed by atoms with Crippen LogP contribution in [0.15, 0.2) is 42.9 Å². The van der Waals surface area contributed by atoms with Crippen molar-refractivity contribution < 1.29 is 18.0 Å². The molecule has 0 atom stereocenters. The first kappa shape index (κ1) is 19.7. The second kappa shape index (κ2) is 7.16. The number of carbonyl (C=O) groups excluding carboxylic acids is 1. The Morgan fingerprint density at radius 1 is 1.19 bits per heavy atom. The van der Waals surface area contributed by atoms with Crippen molar-refractivity contribution in [1.29, 1.82) is 0 Å². The largest absolute Gasteiger partial charge is 0.433 e. The first-order valence-electron chi connectivity index (χ1n) is 9.57. The first-order chi connectivity index (χ1) is 14.8. The molecule has 0 radical (unpaired) electrons. The van der Waals surface area contributed by atoms with Gasteiger partial charge in [0, 0.05) is 47.8 Å². The zero-order chi connectivity index (χ0) is 21.8. The molecule has 0 bridgehead atoms. The predicted octanol–water partition coefficient (Wildman–Crippen LogP) is 5.24. The van der Waals surface area contributed by atoms with Crippen molar-refractivity contribution in [3.63, 3.8) is 0 Å². The first-order valence-corrected chi connectivity index (χ1v) is 10.3. The summed E-state index contributed by atoms with van der Waals surface area (Å²) >= 11 is 1.06. The van der Waals surface area contributed by atoms with E-state index in [1.54, 1.807) is 6.20 Å². The van der Waals surface area contributed by atoms with Gasteiger partial charge in [-0.25, -0.2) is 4.98 Å². The van der Waals surface area contributed by atoms with E-state index in [-0.39, 0.29) is 11.6 Å². The number of aryl methyl sites for hydroxylation is 1. The van der Waals surface area contributed by atoms with E-state index in [0.29, 0.717) is 4.88 Å². The molecule has 0 aliphatic heterocycles. The molecular weight excluding hydrogens is 427 g/mol. The quantitative estimate of drug-likeness (QED) is 0.468. The van der Waals surface area contributed by atoms with E-state index in [4.69, 9.17) is 0 Å². The normalized spacial score (nSPS) is 14.2. The Labute approximate surface area is 178 Å². The smallest absolute Gasteiger partial charge is 0.336 e. The second-order valence-electron chi connectivity index (χ2n) is 7.45. The lowest BCUT2D eigenvalue weighted by Gasteiger charge is -2.09. The standard InChI is InChI=1S/C21H16F3N5OS/c1-29-9-6-14-13(5-8-26-19(14)29)17-16(11-2-3-11)18(31-28-17)20(30)27-12-4-7-25-15(10-12)21(22,23)24/h4-11H,2-3H2,1H3,(H,25,27,30). The number of pyridine rings is 2. The number of amides is 1. The summed E-state index contributed by atoms with van der Waals surface area (Å²) < 4.78 is 45.3. The van der Waals surface area contributed by atoms with Gasteiger partial charge in [0.25, 0.3) is 5.91 Å². The Kier molecular flexibility index (Phi) is 4.54. The number of hydrogen-bond acceptors (Lipinski definition) is 5. The highest BCUT2D eigenvalue weighted by molar-refractivity contribution is 7.08. The molecule has 10 heteroatoms. The maximum atomic E-state index is 13.0.